The predicted octanol–water partition coefficient (Wildman–Crippen LogP) is 5.06. The third kappa shape index (κ3) is 3.05. The number of methoxy groups -OCH3 is 1. The van der Waals surface area contributed by atoms with Crippen LogP contribution >= 0.6 is 22.9 Å². The highest BCUT2D eigenvalue weighted by Gasteiger charge is 2.13. The minimum atomic E-state index is -0.121. The summed E-state index contributed by atoms with van der Waals surface area (Å²) < 4.78 is 5.23. The number of pyridine rings is 1. The van der Waals surface area contributed by atoms with Crippen LogP contribution < -0.4 is 15.5 Å². The van der Waals surface area contributed by atoms with Crippen molar-refractivity contribution >= 4 is 44.7 Å². The van der Waals surface area contributed by atoms with Gasteiger partial charge in [-0.05, 0) is 24.3 Å². The van der Waals surface area contributed by atoms with Crippen molar-refractivity contribution in [1.82, 2.24) is 9.97 Å². The number of nitrogens with one attached hydrogen (secondary N) is 2. The van der Waals surface area contributed by atoms with E-state index in [1.54, 1.807) is 12.1 Å². The second-order valence-corrected chi connectivity index (χ2v) is 6.82. The molecule has 0 radical (unpaired) electrons. The monoisotopic (exact) mass is 383 g/mol. The highest BCUT2D eigenvalue weighted by molar-refractivity contribution is 7.14. The van der Waals surface area contributed by atoms with Gasteiger partial charge in [0.15, 0.2) is 10.6 Å². The minimum absolute atomic E-state index is 0.121. The van der Waals surface area contributed by atoms with Crippen molar-refractivity contribution in [3.05, 3.63) is 69.2 Å². The minimum Gasteiger partial charge on any atom is -0.495 e. The van der Waals surface area contributed by atoms with Crippen LogP contribution in [0.4, 0.5) is 10.8 Å². The normalized spacial score (nSPS) is 10.8. The van der Waals surface area contributed by atoms with Crippen molar-refractivity contribution in [2.45, 2.75) is 0 Å². The third-order valence-electron chi connectivity index (χ3n) is 3.93. The second kappa shape index (κ2) is 6.82. The summed E-state index contributed by atoms with van der Waals surface area (Å²) in [5.74, 6) is 0.511. The number of fused-ring (bicyclic) bond motifs is 1. The number of hydrogen-bond donors (Lipinski definition) is 2. The quantitative estimate of drug-likeness (QED) is 0.517. The lowest BCUT2D eigenvalue weighted by Gasteiger charge is -2.08. The summed E-state index contributed by atoms with van der Waals surface area (Å²) in [5.41, 5.74) is 2.65. The van der Waals surface area contributed by atoms with Gasteiger partial charge in [0.2, 0.25) is 0 Å². The van der Waals surface area contributed by atoms with Crippen molar-refractivity contribution in [3.63, 3.8) is 0 Å². The van der Waals surface area contributed by atoms with E-state index in [9.17, 15) is 4.79 Å². The molecule has 2 heterocycles. The maximum atomic E-state index is 12.5. The number of ether oxygens (including phenoxy) is 1. The van der Waals surface area contributed by atoms with Gasteiger partial charge in [-0.15, -0.1) is 11.3 Å². The van der Waals surface area contributed by atoms with Crippen LogP contribution in [0.1, 0.15) is 0 Å². The van der Waals surface area contributed by atoms with Crippen molar-refractivity contribution in [2.75, 3.05) is 12.4 Å². The number of rotatable bonds is 4. The van der Waals surface area contributed by atoms with E-state index in [4.69, 9.17) is 16.3 Å². The summed E-state index contributed by atoms with van der Waals surface area (Å²) in [6.07, 6.45) is 0. The van der Waals surface area contributed by atoms with Gasteiger partial charge in [0.25, 0.3) is 0 Å². The molecule has 0 spiro atoms. The van der Waals surface area contributed by atoms with Crippen molar-refractivity contribution < 1.29 is 4.74 Å². The number of thiazole rings is 1. The summed E-state index contributed by atoms with van der Waals surface area (Å²) in [5, 5.41) is 6.76. The molecule has 4 rings (SSSR count). The number of benzene rings is 2. The van der Waals surface area contributed by atoms with Crippen LogP contribution in [0.5, 0.6) is 5.75 Å². The molecule has 2 aromatic carbocycles. The zero-order valence-corrected chi connectivity index (χ0v) is 15.3. The van der Waals surface area contributed by atoms with E-state index >= 15 is 0 Å². The largest absolute Gasteiger partial charge is 0.495 e. The molecule has 0 saturated heterocycles. The number of nitrogens with zero attached hydrogens (tertiary/aromatic N) is 1. The fraction of sp³-hybridized carbons (Fsp3) is 0.0526. The topological polar surface area (TPSA) is 67.0 Å². The fourth-order valence-corrected chi connectivity index (χ4v) is 3.68. The molecule has 0 aliphatic rings. The number of H-pyrrole nitrogens is 1. The molecule has 0 amide bonds. The Balaban J connectivity index is 1.75. The van der Waals surface area contributed by atoms with Crippen LogP contribution in [-0.2, 0) is 0 Å². The Labute approximate surface area is 158 Å². The number of aromatic nitrogens is 2. The van der Waals surface area contributed by atoms with Crippen LogP contribution in [0.3, 0.4) is 0 Å². The smallest absolute Gasteiger partial charge is 0.190 e. The molecule has 0 unspecified atom stereocenters. The van der Waals surface area contributed by atoms with Crippen molar-refractivity contribution in [3.8, 4) is 17.1 Å². The van der Waals surface area contributed by atoms with Crippen LogP contribution in [0.15, 0.2) is 58.7 Å². The maximum absolute atomic E-state index is 12.5. The number of anilines is 2. The van der Waals surface area contributed by atoms with E-state index in [0.29, 0.717) is 33.1 Å². The standard InChI is InChI=1S/C19H14ClN3O2S/c1-25-16-8-7-12-15(24)9-13(22-18(12)17(16)20)14-10-26-19(23-14)21-11-5-3-2-4-6-11/h2-10H,1H3,(H,21,23)(H,22,24). The lowest BCUT2D eigenvalue weighted by atomic mass is 10.1. The fourth-order valence-electron chi connectivity index (χ4n) is 2.66. The van der Waals surface area contributed by atoms with Crippen LogP contribution in [0.25, 0.3) is 22.3 Å². The van der Waals surface area contributed by atoms with E-state index < -0.39 is 0 Å². The van der Waals surface area contributed by atoms with Gasteiger partial charge < -0.3 is 15.0 Å². The molecule has 2 N–H and O–H groups in total. The lowest BCUT2D eigenvalue weighted by Crippen LogP contribution is -2.04. The molecule has 0 aliphatic carbocycles. The summed E-state index contributed by atoms with van der Waals surface area (Å²) in [6.45, 7) is 0. The maximum Gasteiger partial charge on any atom is 0.190 e. The first kappa shape index (κ1) is 16.6. The molecule has 7 heteroatoms. The summed E-state index contributed by atoms with van der Waals surface area (Å²) >= 11 is 7.82. The first-order valence-corrected chi connectivity index (χ1v) is 9.09. The molecule has 0 bridgehead atoms. The zero-order valence-electron chi connectivity index (χ0n) is 13.7. The molecular formula is C19H14ClN3O2S. The molecule has 26 heavy (non-hydrogen) atoms. The van der Waals surface area contributed by atoms with E-state index in [0.717, 1.165) is 10.8 Å². The van der Waals surface area contributed by atoms with Gasteiger partial charge in [-0.3, -0.25) is 4.79 Å². The molecule has 0 fully saturated rings. The van der Waals surface area contributed by atoms with Gasteiger partial charge in [0.1, 0.15) is 10.8 Å². The lowest BCUT2D eigenvalue weighted by molar-refractivity contribution is 0.415. The SMILES string of the molecule is COc1ccc2c(=O)cc(-c3csc(Nc4ccccc4)n3)[nH]c2c1Cl. The predicted molar refractivity (Wildman–Crippen MR) is 107 cm³/mol. The molecule has 0 atom stereocenters. The van der Waals surface area contributed by atoms with Gasteiger partial charge in [0, 0.05) is 22.5 Å². The Bertz CT molecular complexity index is 1140. The Morgan fingerprint density at radius 3 is 2.77 bits per heavy atom. The molecule has 0 saturated carbocycles. The zero-order chi connectivity index (χ0) is 18.1. The van der Waals surface area contributed by atoms with Gasteiger partial charge >= 0.3 is 0 Å². The Hall–Kier alpha value is -2.83. The second-order valence-electron chi connectivity index (χ2n) is 5.58. The van der Waals surface area contributed by atoms with Crippen molar-refractivity contribution in [1.29, 1.82) is 0 Å². The van der Waals surface area contributed by atoms with Crippen LogP contribution in [-0.4, -0.2) is 17.1 Å². The average molecular weight is 384 g/mol. The molecule has 130 valence electrons. The summed E-state index contributed by atoms with van der Waals surface area (Å²) in [6, 6.07) is 14.7. The summed E-state index contributed by atoms with van der Waals surface area (Å²) in [7, 11) is 1.54. The number of aromatic amines is 1. The highest BCUT2D eigenvalue weighted by atomic mass is 35.5. The number of hydrogen-bond acceptors (Lipinski definition) is 5. The summed E-state index contributed by atoms with van der Waals surface area (Å²) in [4.78, 5) is 20.2. The first-order valence-electron chi connectivity index (χ1n) is 7.83. The Kier molecular flexibility index (Phi) is 4.36. The van der Waals surface area contributed by atoms with Crippen LogP contribution in [0, 0.1) is 0 Å². The molecule has 4 aromatic rings. The molecular weight excluding hydrogens is 370 g/mol. The number of halogens is 1. The molecule has 0 aliphatic heterocycles. The van der Waals surface area contributed by atoms with Crippen molar-refractivity contribution in [2.24, 2.45) is 0 Å². The molecule has 2 aromatic heterocycles. The van der Waals surface area contributed by atoms with Crippen LogP contribution in [0.2, 0.25) is 5.02 Å². The van der Waals surface area contributed by atoms with E-state index in [1.807, 2.05) is 35.7 Å². The highest BCUT2D eigenvalue weighted by Crippen LogP contribution is 2.32. The van der Waals surface area contributed by atoms with E-state index in [2.05, 4.69) is 15.3 Å². The van der Waals surface area contributed by atoms with E-state index in [1.165, 1.54) is 24.5 Å². The Morgan fingerprint density at radius 2 is 2.00 bits per heavy atom. The molecule has 5 nitrogen and oxygen atoms in total. The van der Waals surface area contributed by atoms with Gasteiger partial charge in [0.05, 0.1) is 24.0 Å². The first-order chi connectivity index (χ1) is 12.7. The number of para-hydroxylation sites is 1. The third-order valence-corrected chi connectivity index (χ3v) is 5.07. The van der Waals surface area contributed by atoms with E-state index in [-0.39, 0.29) is 5.43 Å². The van der Waals surface area contributed by atoms with Gasteiger partial charge in [-0.25, -0.2) is 4.98 Å². The van der Waals surface area contributed by atoms with Gasteiger partial charge in [-0.2, -0.15) is 0 Å². The van der Waals surface area contributed by atoms with Gasteiger partial charge in [-0.1, -0.05) is 29.8 Å². The average Bonchev–Trinajstić information content (AvgIpc) is 3.12. The Morgan fingerprint density at radius 1 is 1.19 bits per heavy atom.